The first kappa shape index (κ1) is 19.2. The summed E-state index contributed by atoms with van der Waals surface area (Å²) in [4.78, 5) is 14.8. The zero-order valence-electron chi connectivity index (χ0n) is 14.6. The van der Waals surface area contributed by atoms with Crippen LogP contribution < -0.4 is 10.6 Å². The van der Waals surface area contributed by atoms with Crippen molar-refractivity contribution in [3.63, 3.8) is 0 Å². The Morgan fingerprint density at radius 1 is 1.38 bits per heavy atom. The minimum absolute atomic E-state index is 0. The molecule has 2 aliphatic heterocycles. The molecule has 0 aliphatic carbocycles. The van der Waals surface area contributed by atoms with E-state index in [-0.39, 0.29) is 18.3 Å². The van der Waals surface area contributed by atoms with Gasteiger partial charge in [0.05, 0.1) is 0 Å². The van der Waals surface area contributed by atoms with Gasteiger partial charge in [0.1, 0.15) is 0 Å². The molecule has 1 atom stereocenters. The molecule has 0 aromatic carbocycles. The highest BCUT2D eigenvalue weighted by Crippen LogP contribution is 2.17. The van der Waals surface area contributed by atoms with Crippen molar-refractivity contribution in [3.8, 4) is 0 Å². The fourth-order valence-corrected chi connectivity index (χ4v) is 3.63. The van der Waals surface area contributed by atoms with E-state index in [1.807, 2.05) is 0 Å². The largest absolute Gasteiger partial charge is 0.351 e. The van der Waals surface area contributed by atoms with E-state index in [1.165, 1.54) is 25.8 Å². The Morgan fingerprint density at radius 3 is 3.08 bits per heavy atom. The fourth-order valence-electron chi connectivity index (χ4n) is 3.63. The standard InChI is InChI=1S/C17H29N5O.ClH/c1-13-6-2-4-10-22(13)11-5-3-8-19-17(23)16-14-12-18-9-7-15(14)20-21-16;/h13,18H,2-12H2,1H3,(H,19,23)(H,20,21);1H. The van der Waals surface area contributed by atoms with Crippen molar-refractivity contribution in [1.82, 2.24) is 25.7 Å². The van der Waals surface area contributed by atoms with Crippen LogP contribution in [0.5, 0.6) is 0 Å². The number of rotatable bonds is 6. The summed E-state index contributed by atoms with van der Waals surface area (Å²) in [6.45, 7) is 7.14. The Labute approximate surface area is 150 Å². The summed E-state index contributed by atoms with van der Waals surface area (Å²) in [5.41, 5.74) is 2.71. The van der Waals surface area contributed by atoms with Crippen LogP contribution in [0.25, 0.3) is 0 Å². The molecule has 7 heteroatoms. The Balaban J connectivity index is 0.00000208. The van der Waals surface area contributed by atoms with Crippen LogP contribution in [0.2, 0.25) is 0 Å². The van der Waals surface area contributed by atoms with Crippen molar-refractivity contribution in [2.75, 3.05) is 26.2 Å². The van der Waals surface area contributed by atoms with E-state index >= 15 is 0 Å². The molecule has 3 rings (SSSR count). The van der Waals surface area contributed by atoms with Crippen molar-refractivity contribution in [2.45, 2.75) is 58.0 Å². The smallest absolute Gasteiger partial charge is 0.272 e. The number of unbranched alkanes of at least 4 members (excludes halogenated alkanes) is 1. The topological polar surface area (TPSA) is 73.0 Å². The zero-order valence-corrected chi connectivity index (χ0v) is 15.4. The van der Waals surface area contributed by atoms with Crippen LogP contribution in [-0.2, 0) is 13.0 Å². The van der Waals surface area contributed by atoms with Gasteiger partial charge in [0.15, 0.2) is 5.69 Å². The van der Waals surface area contributed by atoms with Crippen molar-refractivity contribution < 1.29 is 4.79 Å². The molecule has 24 heavy (non-hydrogen) atoms. The molecule has 2 aliphatic rings. The Hall–Kier alpha value is -1.11. The third kappa shape index (κ3) is 4.71. The summed E-state index contributed by atoms with van der Waals surface area (Å²) in [5, 5.41) is 13.5. The molecular weight excluding hydrogens is 326 g/mol. The summed E-state index contributed by atoms with van der Waals surface area (Å²) < 4.78 is 0. The number of nitrogens with zero attached hydrogens (tertiary/aromatic N) is 2. The molecule has 1 aromatic heterocycles. The maximum Gasteiger partial charge on any atom is 0.272 e. The maximum absolute atomic E-state index is 12.3. The number of carbonyl (C=O) groups is 1. The molecule has 0 saturated carbocycles. The summed E-state index contributed by atoms with van der Waals surface area (Å²) in [6.07, 6.45) is 7.12. The molecule has 1 saturated heterocycles. The van der Waals surface area contributed by atoms with Crippen molar-refractivity contribution >= 4 is 18.3 Å². The van der Waals surface area contributed by atoms with Crippen LogP contribution in [0.4, 0.5) is 0 Å². The molecular formula is C17H30ClN5O. The Kier molecular flexibility index (Phi) is 7.52. The fraction of sp³-hybridized carbons (Fsp3) is 0.765. The Bertz CT molecular complexity index is 533. The van der Waals surface area contributed by atoms with Gasteiger partial charge in [0.2, 0.25) is 0 Å². The molecule has 1 unspecified atom stereocenters. The first-order valence-electron chi connectivity index (χ1n) is 9.05. The zero-order chi connectivity index (χ0) is 16.1. The monoisotopic (exact) mass is 355 g/mol. The van der Waals surface area contributed by atoms with Gasteiger partial charge in [-0.1, -0.05) is 6.42 Å². The number of fused-ring (bicyclic) bond motifs is 1. The second kappa shape index (κ2) is 9.39. The summed E-state index contributed by atoms with van der Waals surface area (Å²) >= 11 is 0. The number of aromatic nitrogens is 2. The van der Waals surface area contributed by atoms with Gasteiger partial charge in [-0.25, -0.2) is 0 Å². The summed E-state index contributed by atoms with van der Waals surface area (Å²) in [6, 6.07) is 0.724. The highest BCUT2D eigenvalue weighted by molar-refractivity contribution is 5.94. The number of halogens is 1. The van der Waals surface area contributed by atoms with Crippen LogP contribution in [0, 0.1) is 0 Å². The van der Waals surface area contributed by atoms with E-state index in [9.17, 15) is 4.79 Å². The van der Waals surface area contributed by atoms with Gasteiger partial charge in [-0.3, -0.25) is 9.89 Å². The van der Waals surface area contributed by atoms with Crippen molar-refractivity contribution in [3.05, 3.63) is 17.0 Å². The molecule has 6 nitrogen and oxygen atoms in total. The number of hydrogen-bond acceptors (Lipinski definition) is 4. The van der Waals surface area contributed by atoms with Gasteiger partial charge >= 0.3 is 0 Å². The van der Waals surface area contributed by atoms with Gasteiger partial charge in [0.25, 0.3) is 5.91 Å². The number of likely N-dealkylation sites (tertiary alicyclic amines) is 1. The molecule has 0 bridgehead atoms. The minimum atomic E-state index is -0.0439. The second-order valence-corrected chi connectivity index (χ2v) is 6.80. The molecule has 1 fully saturated rings. The van der Waals surface area contributed by atoms with E-state index in [2.05, 4.69) is 32.7 Å². The summed E-state index contributed by atoms with van der Waals surface area (Å²) in [7, 11) is 0. The summed E-state index contributed by atoms with van der Waals surface area (Å²) in [5.74, 6) is -0.0439. The molecule has 3 heterocycles. The average molecular weight is 356 g/mol. The van der Waals surface area contributed by atoms with Gasteiger partial charge in [0, 0.05) is 43.4 Å². The predicted molar refractivity (Wildman–Crippen MR) is 97.7 cm³/mol. The van der Waals surface area contributed by atoms with Crippen LogP contribution in [-0.4, -0.2) is 53.2 Å². The van der Waals surface area contributed by atoms with Crippen molar-refractivity contribution in [1.29, 1.82) is 0 Å². The van der Waals surface area contributed by atoms with Gasteiger partial charge in [-0.15, -0.1) is 12.4 Å². The normalized spacial score (nSPS) is 21.0. The van der Waals surface area contributed by atoms with E-state index < -0.39 is 0 Å². The van der Waals surface area contributed by atoms with Gasteiger partial charge < -0.3 is 15.5 Å². The highest BCUT2D eigenvalue weighted by atomic mass is 35.5. The highest BCUT2D eigenvalue weighted by Gasteiger charge is 2.21. The molecule has 3 N–H and O–H groups in total. The number of carbonyl (C=O) groups excluding carboxylic acids is 1. The van der Waals surface area contributed by atoms with Gasteiger partial charge in [-0.2, -0.15) is 5.10 Å². The lowest BCUT2D eigenvalue weighted by molar-refractivity contribution is 0.0945. The molecule has 1 aromatic rings. The lowest BCUT2D eigenvalue weighted by Gasteiger charge is -2.33. The molecule has 0 radical (unpaired) electrons. The molecule has 1 amide bonds. The maximum atomic E-state index is 12.3. The van der Waals surface area contributed by atoms with E-state index in [0.717, 1.165) is 62.7 Å². The quantitative estimate of drug-likeness (QED) is 0.681. The average Bonchev–Trinajstić information content (AvgIpc) is 3.00. The van der Waals surface area contributed by atoms with Crippen LogP contribution in [0.3, 0.4) is 0 Å². The number of nitrogens with one attached hydrogen (secondary N) is 3. The molecule has 0 spiro atoms. The SMILES string of the molecule is CC1CCCCN1CCCCNC(=O)c1n[nH]c2c1CNCC2.Cl. The van der Waals surface area contributed by atoms with E-state index in [1.54, 1.807) is 0 Å². The van der Waals surface area contributed by atoms with Crippen LogP contribution in [0.1, 0.15) is 60.8 Å². The lowest BCUT2D eigenvalue weighted by atomic mass is 10.0. The Morgan fingerprint density at radius 2 is 2.25 bits per heavy atom. The molecule has 136 valence electrons. The van der Waals surface area contributed by atoms with Crippen LogP contribution >= 0.6 is 12.4 Å². The predicted octanol–water partition coefficient (Wildman–Crippen LogP) is 1.86. The number of aromatic amines is 1. The van der Waals surface area contributed by atoms with Gasteiger partial charge in [-0.05, 0) is 45.7 Å². The third-order valence-corrected chi connectivity index (χ3v) is 5.12. The minimum Gasteiger partial charge on any atom is -0.351 e. The first-order valence-corrected chi connectivity index (χ1v) is 9.05. The number of amides is 1. The van der Waals surface area contributed by atoms with Crippen molar-refractivity contribution in [2.24, 2.45) is 0 Å². The second-order valence-electron chi connectivity index (χ2n) is 6.80. The lowest BCUT2D eigenvalue weighted by Crippen LogP contribution is -2.38. The van der Waals surface area contributed by atoms with E-state index in [0.29, 0.717) is 5.69 Å². The number of hydrogen-bond donors (Lipinski definition) is 3. The first-order chi connectivity index (χ1) is 11.3. The van der Waals surface area contributed by atoms with E-state index in [4.69, 9.17) is 0 Å². The number of piperidine rings is 1. The van der Waals surface area contributed by atoms with Crippen LogP contribution in [0.15, 0.2) is 0 Å². The number of H-pyrrole nitrogens is 1. The third-order valence-electron chi connectivity index (χ3n) is 5.12.